The van der Waals surface area contributed by atoms with Crippen LogP contribution in [0.2, 0.25) is 5.02 Å². The third kappa shape index (κ3) is 2.52. The van der Waals surface area contributed by atoms with Gasteiger partial charge in [0.25, 0.3) is 0 Å². The van der Waals surface area contributed by atoms with Crippen molar-refractivity contribution >= 4 is 34.2 Å². The molecule has 1 unspecified atom stereocenters. The molecule has 86 valence electrons. The van der Waals surface area contributed by atoms with Crippen molar-refractivity contribution in [1.29, 1.82) is 0 Å². The molecule has 0 bridgehead atoms. The third-order valence-electron chi connectivity index (χ3n) is 2.57. The van der Waals surface area contributed by atoms with E-state index in [9.17, 15) is 0 Å². The molecule has 1 aromatic carbocycles. The van der Waals surface area contributed by atoms with E-state index in [1.807, 2.05) is 25.2 Å². The number of hydrogen-bond acceptors (Lipinski definition) is 2. The zero-order valence-electron chi connectivity index (χ0n) is 8.97. The first-order valence-electron chi connectivity index (χ1n) is 5.17. The molecule has 0 fully saturated rings. The quantitative estimate of drug-likeness (QED) is 0.843. The van der Waals surface area contributed by atoms with Crippen LogP contribution >= 0.6 is 34.2 Å². The number of likely N-dealkylation sites (N-methyl/N-ethyl adjacent to an activating group) is 1. The van der Waals surface area contributed by atoms with Gasteiger partial charge in [0.1, 0.15) is 5.76 Å². The van der Waals surface area contributed by atoms with Gasteiger partial charge in [0.15, 0.2) is 0 Å². The summed E-state index contributed by atoms with van der Waals surface area (Å²) in [6.45, 7) is 0.782. The average molecular weight is 350 g/mol. The zero-order chi connectivity index (χ0) is 11.5. The van der Waals surface area contributed by atoms with E-state index in [0.29, 0.717) is 0 Å². The predicted molar refractivity (Wildman–Crippen MR) is 74.6 cm³/mol. The van der Waals surface area contributed by atoms with Gasteiger partial charge >= 0.3 is 0 Å². The molecule has 0 saturated carbocycles. The fourth-order valence-electron chi connectivity index (χ4n) is 1.82. The van der Waals surface area contributed by atoms with E-state index in [-0.39, 0.29) is 6.04 Å². The Hall–Kier alpha value is -0.260. The molecule has 0 amide bonds. The van der Waals surface area contributed by atoms with Crippen molar-refractivity contribution in [3.8, 4) is 0 Å². The van der Waals surface area contributed by atoms with E-state index in [1.54, 1.807) is 0 Å². The third-order valence-corrected chi connectivity index (χ3v) is 3.79. The fourth-order valence-corrected chi connectivity index (χ4v) is 2.65. The van der Waals surface area contributed by atoms with Crippen LogP contribution in [0.1, 0.15) is 18.0 Å². The molecule has 0 aromatic heterocycles. The minimum absolute atomic E-state index is 0.105. The molecule has 0 saturated heterocycles. The number of hydrogen-bond donors (Lipinski definition) is 1. The van der Waals surface area contributed by atoms with E-state index < -0.39 is 0 Å². The molecule has 0 aliphatic carbocycles. The lowest BCUT2D eigenvalue weighted by molar-refractivity contribution is 0.218. The number of nitrogens with one attached hydrogen (secondary N) is 1. The summed E-state index contributed by atoms with van der Waals surface area (Å²) in [7, 11) is 1.93. The second kappa shape index (κ2) is 5.38. The van der Waals surface area contributed by atoms with Crippen LogP contribution in [0.25, 0.3) is 0 Å². The SMILES string of the molecule is CNC(C1=CCCO1)c1cc(Cl)ccc1I. The summed E-state index contributed by atoms with van der Waals surface area (Å²) in [5.74, 6) is 1.00. The van der Waals surface area contributed by atoms with Gasteiger partial charge in [-0.05, 0) is 59.5 Å². The minimum Gasteiger partial charge on any atom is -0.496 e. The lowest BCUT2D eigenvalue weighted by atomic mass is 10.1. The van der Waals surface area contributed by atoms with E-state index >= 15 is 0 Å². The molecule has 2 rings (SSSR count). The van der Waals surface area contributed by atoms with Gasteiger partial charge in [-0.25, -0.2) is 0 Å². The van der Waals surface area contributed by atoms with Crippen LogP contribution in [0.4, 0.5) is 0 Å². The van der Waals surface area contributed by atoms with Gasteiger partial charge in [0, 0.05) is 15.0 Å². The number of rotatable bonds is 3. The molecule has 1 aliphatic rings. The first-order valence-corrected chi connectivity index (χ1v) is 6.63. The first-order chi connectivity index (χ1) is 7.72. The van der Waals surface area contributed by atoms with E-state index in [4.69, 9.17) is 16.3 Å². The molecule has 1 heterocycles. The maximum atomic E-state index is 6.03. The van der Waals surface area contributed by atoms with Crippen molar-refractivity contribution in [1.82, 2.24) is 5.32 Å². The van der Waals surface area contributed by atoms with Gasteiger partial charge in [-0.15, -0.1) is 0 Å². The van der Waals surface area contributed by atoms with Crippen molar-refractivity contribution in [3.63, 3.8) is 0 Å². The summed E-state index contributed by atoms with van der Waals surface area (Å²) in [5, 5.41) is 4.03. The van der Waals surface area contributed by atoms with Crippen LogP contribution in [0, 0.1) is 3.57 Å². The monoisotopic (exact) mass is 349 g/mol. The van der Waals surface area contributed by atoms with Crippen LogP contribution in [0.5, 0.6) is 0 Å². The van der Waals surface area contributed by atoms with E-state index in [2.05, 4.69) is 34.0 Å². The summed E-state index contributed by atoms with van der Waals surface area (Å²) >= 11 is 8.35. The predicted octanol–water partition coefficient (Wildman–Crippen LogP) is 3.51. The van der Waals surface area contributed by atoms with Crippen molar-refractivity contribution in [2.45, 2.75) is 12.5 Å². The maximum absolute atomic E-state index is 6.03. The Morgan fingerprint density at radius 2 is 2.31 bits per heavy atom. The summed E-state index contributed by atoms with van der Waals surface area (Å²) in [6.07, 6.45) is 3.13. The summed E-state index contributed by atoms with van der Waals surface area (Å²) in [4.78, 5) is 0. The van der Waals surface area contributed by atoms with Crippen LogP contribution < -0.4 is 5.32 Å². The normalized spacial score (nSPS) is 16.8. The molecule has 0 spiro atoms. The number of benzene rings is 1. The average Bonchev–Trinajstić information content (AvgIpc) is 2.78. The molecule has 16 heavy (non-hydrogen) atoms. The lowest BCUT2D eigenvalue weighted by Crippen LogP contribution is -2.20. The van der Waals surface area contributed by atoms with Gasteiger partial charge in [0.05, 0.1) is 12.6 Å². The summed E-state index contributed by atoms with van der Waals surface area (Å²) in [6, 6.07) is 6.03. The largest absolute Gasteiger partial charge is 0.496 e. The van der Waals surface area contributed by atoms with E-state index in [0.717, 1.165) is 23.8 Å². The highest BCUT2D eigenvalue weighted by Gasteiger charge is 2.21. The number of ether oxygens (including phenoxy) is 1. The second-order valence-corrected chi connectivity index (χ2v) is 5.23. The summed E-state index contributed by atoms with van der Waals surface area (Å²) in [5.41, 5.74) is 1.17. The Morgan fingerprint density at radius 3 is 2.94 bits per heavy atom. The van der Waals surface area contributed by atoms with Gasteiger partial charge < -0.3 is 10.1 Å². The van der Waals surface area contributed by atoms with Gasteiger partial charge in [-0.1, -0.05) is 11.6 Å². The molecule has 1 N–H and O–H groups in total. The molecule has 2 nitrogen and oxygen atoms in total. The van der Waals surface area contributed by atoms with Gasteiger partial charge in [0.2, 0.25) is 0 Å². The standard InChI is InChI=1S/C12H13ClINO/c1-15-12(11-3-2-6-16-11)9-7-8(13)4-5-10(9)14/h3-5,7,12,15H,2,6H2,1H3. The van der Waals surface area contributed by atoms with Crippen molar-refractivity contribution < 1.29 is 4.74 Å². The van der Waals surface area contributed by atoms with Crippen molar-refractivity contribution in [2.24, 2.45) is 0 Å². The van der Waals surface area contributed by atoms with Crippen LogP contribution in [0.15, 0.2) is 30.0 Å². The second-order valence-electron chi connectivity index (χ2n) is 3.63. The Balaban J connectivity index is 2.35. The highest BCUT2D eigenvalue weighted by atomic mass is 127. The van der Waals surface area contributed by atoms with Crippen LogP contribution in [0.3, 0.4) is 0 Å². The Morgan fingerprint density at radius 1 is 1.50 bits per heavy atom. The Labute approximate surface area is 114 Å². The highest BCUT2D eigenvalue weighted by Crippen LogP contribution is 2.31. The van der Waals surface area contributed by atoms with Gasteiger partial charge in [-0.3, -0.25) is 0 Å². The molecular formula is C12H13ClINO. The van der Waals surface area contributed by atoms with Crippen molar-refractivity contribution in [3.05, 3.63) is 44.2 Å². The first kappa shape index (κ1) is 12.2. The molecule has 1 aliphatic heterocycles. The Kier molecular flexibility index (Phi) is 4.10. The highest BCUT2D eigenvalue weighted by molar-refractivity contribution is 14.1. The number of halogens is 2. The smallest absolute Gasteiger partial charge is 0.114 e. The fraction of sp³-hybridized carbons (Fsp3) is 0.333. The molecule has 1 aromatic rings. The summed E-state index contributed by atoms with van der Waals surface area (Å²) < 4.78 is 6.80. The van der Waals surface area contributed by atoms with E-state index in [1.165, 1.54) is 9.13 Å². The maximum Gasteiger partial charge on any atom is 0.114 e. The molecular weight excluding hydrogens is 336 g/mol. The molecule has 0 radical (unpaired) electrons. The van der Waals surface area contributed by atoms with Crippen molar-refractivity contribution in [2.75, 3.05) is 13.7 Å². The topological polar surface area (TPSA) is 21.3 Å². The van der Waals surface area contributed by atoms with Crippen LogP contribution in [-0.2, 0) is 4.74 Å². The Bertz CT molecular complexity index is 419. The minimum atomic E-state index is 0.105. The van der Waals surface area contributed by atoms with Gasteiger partial charge in [-0.2, -0.15) is 0 Å². The molecule has 1 atom stereocenters. The lowest BCUT2D eigenvalue weighted by Gasteiger charge is -2.19. The molecule has 4 heteroatoms. The zero-order valence-corrected chi connectivity index (χ0v) is 11.9. The van der Waals surface area contributed by atoms with Crippen LogP contribution in [-0.4, -0.2) is 13.7 Å².